The summed E-state index contributed by atoms with van der Waals surface area (Å²) < 4.78 is 5.17. The molecule has 2 unspecified atom stereocenters. The van der Waals surface area contributed by atoms with Crippen LogP contribution < -0.4 is 15.4 Å². The van der Waals surface area contributed by atoms with Crippen LogP contribution in [-0.2, 0) is 4.79 Å². The van der Waals surface area contributed by atoms with Crippen molar-refractivity contribution in [1.82, 2.24) is 10.6 Å². The molecule has 7 nitrogen and oxygen atoms in total. The Morgan fingerprint density at radius 3 is 2.17 bits per heavy atom. The summed E-state index contributed by atoms with van der Waals surface area (Å²) in [5, 5.41) is 24.7. The molecule has 8 heteroatoms. The fourth-order valence-electron chi connectivity index (χ4n) is 3.13. The van der Waals surface area contributed by atoms with E-state index in [1.54, 1.807) is 55.6 Å². The lowest BCUT2D eigenvalue weighted by molar-refractivity contribution is -0.122. The highest BCUT2D eigenvalue weighted by molar-refractivity contribution is 6.43. The second kappa shape index (κ2) is 11.4. The Morgan fingerprint density at radius 2 is 1.63 bits per heavy atom. The zero-order valence-corrected chi connectivity index (χ0v) is 17.5. The molecule has 0 radical (unpaired) electrons. The molecular formula is C22H29BN2O5. The highest BCUT2D eigenvalue weighted by Crippen LogP contribution is 2.21. The molecule has 2 atom stereocenters. The molecular weight excluding hydrogens is 383 g/mol. The van der Waals surface area contributed by atoms with E-state index in [1.165, 1.54) is 0 Å². The summed E-state index contributed by atoms with van der Waals surface area (Å²) in [7, 11) is -0.0960. The van der Waals surface area contributed by atoms with E-state index in [2.05, 4.69) is 10.6 Å². The molecule has 0 aliphatic carbocycles. The minimum absolute atomic E-state index is 0.0494. The van der Waals surface area contributed by atoms with Crippen LogP contribution >= 0.6 is 0 Å². The van der Waals surface area contributed by atoms with Crippen LogP contribution in [0.1, 0.15) is 48.7 Å². The molecule has 0 spiro atoms. The van der Waals surface area contributed by atoms with Crippen LogP contribution in [0.25, 0.3) is 0 Å². The topological polar surface area (TPSA) is 108 Å². The third-order valence-electron chi connectivity index (χ3n) is 4.68. The number of nitrogens with one attached hydrogen (secondary N) is 2. The molecule has 0 saturated carbocycles. The summed E-state index contributed by atoms with van der Waals surface area (Å²) in [5.41, 5.74) is 1.22. The van der Waals surface area contributed by atoms with Gasteiger partial charge in [-0.15, -0.1) is 0 Å². The van der Waals surface area contributed by atoms with Gasteiger partial charge < -0.3 is 25.4 Å². The minimum Gasteiger partial charge on any atom is -0.497 e. The van der Waals surface area contributed by atoms with Crippen LogP contribution in [0.3, 0.4) is 0 Å². The number of rotatable bonds is 10. The van der Waals surface area contributed by atoms with Gasteiger partial charge in [0.1, 0.15) is 5.75 Å². The number of carbonyl (C=O) groups is 2. The molecule has 2 rings (SSSR count). The highest BCUT2D eigenvalue weighted by atomic mass is 16.5. The molecule has 2 aromatic rings. The maximum atomic E-state index is 12.7. The Kier molecular flexibility index (Phi) is 8.89. The van der Waals surface area contributed by atoms with E-state index in [1.807, 2.05) is 19.9 Å². The second-order valence-electron chi connectivity index (χ2n) is 7.59. The Morgan fingerprint density at radius 1 is 1.00 bits per heavy atom. The van der Waals surface area contributed by atoms with Gasteiger partial charge >= 0.3 is 7.12 Å². The molecule has 0 fully saturated rings. The lowest BCUT2D eigenvalue weighted by Gasteiger charge is -2.23. The SMILES string of the molecule is COc1ccc(C(CC(=O)NC(CC(C)C)B(O)O)NC(=O)c2ccccc2)cc1. The van der Waals surface area contributed by atoms with Crippen LogP contribution in [0.15, 0.2) is 54.6 Å². The van der Waals surface area contributed by atoms with Crippen LogP contribution in [0, 0.1) is 5.92 Å². The first-order valence-electron chi connectivity index (χ1n) is 9.95. The van der Waals surface area contributed by atoms with Gasteiger partial charge in [0.05, 0.1) is 25.5 Å². The van der Waals surface area contributed by atoms with Gasteiger partial charge in [0, 0.05) is 5.56 Å². The van der Waals surface area contributed by atoms with Crippen molar-refractivity contribution < 1.29 is 24.4 Å². The number of benzene rings is 2. The van der Waals surface area contributed by atoms with Crippen molar-refractivity contribution >= 4 is 18.9 Å². The lowest BCUT2D eigenvalue weighted by atomic mass is 9.75. The van der Waals surface area contributed by atoms with Crippen molar-refractivity contribution in [3.8, 4) is 5.75 Å². The molecule has 0 aromatic heterocycles. The molecule has 4 N–H and O–H groups in total. The first-order chi connectivity index (χ1) is 14.3. The van der Waals surface area contributed by atoms with Crippen LogP contribution in [0.2, 0.25) is 0 Å². The van der Waals surface area contributed by atoms with Crippen molar-refractivity contribution in [2.75, 3.05) is 7.11 Å². The normalized spacial score (nSPS) is 12.7. The Labute approximate surface area is 177 Å². The number of ether oxygens (including phenoxy) is 1. The number of amides is 2. The molecule has 2 aromatic carbocycles. The van der Waals surface area contributed by atoms with Gasteiger partial charge in [-0.2, -0.15) is 0 Å². The first kappa shape index (κ1) is 23.4. The predicted octanol–water partition coefficient (Wildman–Crippen LogP) is 2.10. The highest BCUT2D eigenvalue weighted by Gasteiger charge is 2.27. The lowest BCUT2D eigenvalue weighted by Crippen LogP contribution is -2.48. The number of hydrogen-bond acceptors (Lipinski definition) is 5. The second-order valence-corrected chi connectivity index (χ2v) is 7.59. The van der Waals surface area contributed by atoms with Gasteiger partial charge in [-0.25, -0.2) is 0 Å². The quantitative estimate of drug-likeness (QED) is 0.447. The van der Waals surface area contributed by atoms with Crippen LogP contribution in [0.5, 0.6) is 5.75 Å². The monoisotopic (exact) mass is 412 g/mol. The minimum atomic E-state index is -1.66. The summed E-state index contributed by atoms with van der Waals surface area (Å²) in [5.74, 6) is -0.629. The van der Waals surface area contributed by atoms with E-state index >= 15 is 0 Å². The Bertz CT molecular complexity index is 812. The average molecular weight is 412 g/mol. The summed E-state index contributed by atoms with van der Waals surface area (Å²) in [4.78, 5) is 25.3. The smallest absolute Gasteiger partial charge is 0.475 e. The van der Waals surface area contributed by atoms with Crippen LogP contribution in [-0.4, -0.2) is 42.0 Å². The van der Waals surface area contributed by atoms with Gasteiger partial charge in [0.25, 0.3) is 5.91 Å². The molecule has 0 aliphatic heterocycles. The summed E-state index contributed by atoms with van der Waals surface area (Å²) in [6.07, 6.45) is 0.374. The molecule has 2 amide bonds. The standard InChI is InChI=1S/C22H29BN2O5/c1-15(2)13-20(23(28)29)25-21(26)14-19(16-9-11-18(30-3)12-10-16)24-22(27)17-7-5-4-6-8-17/h4-12,15,19-20,28-29H,13-14H2,1-3H3,(H,24,27)(H,25,26). The maximum Gasteiger partial charge on any atom is 0.475 e. The maximum absolute atomic E-state index is 12.7. The molecule has 0 bridgehead atoms. The van der Waals surface area contributed by atoms with Gasteiger partial charge in [0.15, 0.2) is 0 Å². The zero-order chi connectivity index (χ0) is 22.1. The van der Waals surface area contributed by atoms with Gasteiger partial charge in [-0.05, 0) is 42.2 Å². The molecule has 0 aliphatic rings. The summed E-state index contributed by atoms with van der Waals surface area (Å²) in [6.45, 7) is 3.86. The molecule has 30 heavy (non-hydrogen) atoms. The zero-order valence-electron chi connectivity index (χ0n) is 17.5. The third kappa shape index (κ3) is 7.20. The molecule has 0 saturated heterocycles. The number of hydrogen-bond donors (Lipinski definition) is 4. The molecule has 0 heterocycles. The molecule has 160 valence electrons. The summed E-state index contributed by atoms with van der Waals surface area (Å²) >= 11 is 0. The predicted molar refractivity (Wildman–Crippen MR) is 116 cm³/mol. The Hall–Kier alpha value is -2.84. The van der Waals surface area contributed by atoms with Crippen molar-refractivity contribution in [1.29, 1.82) is 0 Å². The number of methoxy groups -OCH3 is 1. The largest absolute Gasteiger partial charge is 0.497 e. The van der Waals surface area contributed by atoms with E-state index in [0.717, 1.165) is 5.56 Å². The van der Waals surface area contributed by atoms with Crippen LogP contribution in [0.4, 0.5) is 0 Å². The average Bonchev–Trinajstić information content (AvgIpc) is 2.73. The van der Waals surface area contributed by atoms with E-state index in [9.17, 15) is 19.6 Å². The summed E-state index contributed by atoms with van der Waals surface area (Å²) in [6, 6.07) is 15.2. The first-order valence-corrected chi connectivity index (χ1v) is 9.95. The third-order valence-corrected chi connectivity index (χ3v) is 4.68. The van der Waals surface area contributed by atoms with Gasteiger partial charge in [0.2, 0.25) is 5.91 Å². The Balaban J connectivity index is 2.17. The van der Waals surface area contributed by atoms with Crippen molar-refractivity contribution in [2.24, 2.45) is 5.92 Å². The fourth-order valence-corrected chi connectivity index (χ4v) is 3.13. The number of carbonyl (C=O) groups excluding carboxylic acids is 2. The van der Waals surface area contributed by atoms with Crippen molar-refractivity contribution in [2.45, 2.75) is 38.7 Å². The van der Waals surface area contributed by atoms with Gasteiger partial charge in [-0.3, -0.25) is 9.59 Å². The van der Waals surface area contributed by atoms with Gasteiger partial charge in [-0.1, -0.05) is 44.2 Å². The van der Waals surface area contributed by atoms with Crippen molar-refractivity contribution in [3.63, 3.8) is 0 Å². The van der Waals surface area contributed by atoms with E-state index in [-0.39, 0.29) is 24.2 Å². The van der Waals surface area contributed by atoms with Crippen molar-refractivity contribution in [3.05, 3.63) is 65.7 Å². The van der Waals surface area contributed by atoms with E-state index in [0.29, 0.717) is 17.7 Å². The van der Waals surface area contributed by atoms with E-state index < -0.39 is 19.1 Å². The van der Waals surface area contributed by atoms with E-state index in [4.69, 9.17) is 4.74 Å². The fraction of sp³-hybridized carbons (Fsp3) is 0.364.